The summed E-state index contributed by atoms with van der Waals surface area (Å²) in [7, 11) is 0. The first kappa shape index (κ1) is 19.8. The van der Waals surface area contributed by atoms with Gasteiger partial charge in [-0.25, -0.2) is 4.79 Å². The van der Waals surface area contributed by atoms with Crippen LogP contribution in [0, 0.1) is 0 Å². The topological polar surface area (TPSA) is 116 Å². The van der Waals surface area contributed by atoms with Crippen molar-refractivity contribution in [3.05, 3.63) is 22.7 Å². The number of aromatic nitrogens is 2. The number of hydrogen-bond acceptors (Lipinski definition) is 9. The van der Waals surface area contributed by atoms with Crippen LogP contribution in [0.1, 0.15) is 27.0 Å². The van der Waals surface area contributed by atoms with Gasteiger partial charge in [-0.1, -0.05) is 0 Å². The Morgan fingerprint density at radius 1 is 1.24 bits per heavy atom. The minimum atomic E-state index is -1.61. The number of nitrogens with two attached hydrogens (primary N) is 1. The second kappa shape index (κ2) is 9.22. The van der Waals surface area contributed by atoms with E-state index in [4.69, 9.17) is 34.2 Å². The molecule has 2 heterocycles. The van der Waals surface area contributed by atoms with Gasteiger partial charge in [0.1, 0.15) is 12.4 Å². The van der Waals surface area contributed by atoms with Gasteiger partial charge >= 0.3 is 11.8 Å². The lowest BCUT2D eigenvalue weighted by Crippen LogP contribution is -2.44. The second-order valence-corrected chi connectivity index (χ2v) is 5.01. The van der Waals surface area contributed by atoms with Crippen molar-refractivity contribution in [3.63, 3.8) is 0 Å². The van der Waals surface area contributed by atoms with E-state index in [0.717, 1.165) is 0 Å². The molecule has 0 amide bonds. The highest BCUT2D eigenvalue weighted by molar-refractivity contribution is 5.23. The molecule has 2 rings (SSSR count). The van der Waals surface area contributed by atoms with E-state index in [1.807, 2.05) is 0 Å². The zero-order chi connectivity index (χ0) is 18.3. The average molecular weight is 359 g/mol. The minimum Gasteiger partial charge on any atom is -0.383 e. The van der Waals surface area contributed by atoms with Gasteiger partial charge in [0.15, 0.2) is 12.5 Å². The van der Waals surface area contributed by atoms with Crippen LogP contribution in [0.3, 0.4) is 0 Å². The third kappa shape index (κ3) is 5.21. The average Bonchev–Trinajstić information content (AvgIpc) is 3.02. The summed E-state index contributed by atoms with van der Waals surface area (Å²) in [5, 5.41) is 0. The van der Waals surface area contributed by atoms with Gasteiger partial charge in [0.2, 0.25) is 0 Å². The Kier molecular flexibility index (Phi) is 7.29. The highest BCUT2D eigenvalue weighted by atomic mass is 17.0. The summed E-state index contributed by atoms with van der Waals surface area (Å²) >= 11 is 0. The third-order valence-corrected chi connectivity index (χ3v) is 3.25. The van der Waals surface area contributed by atoms with E-state index in [-0.39, 0.29) is 19.0 Å². The lowest BCUT2D eigenvalue weighted by molar-refractivity contribution is -0.501. The SMILES string of the molecule is CCOC(OCC)(OCC)OC[C@H]1OC[C@@H](n2ccc(N)nc2=O)O1. The summed E-state index contributed by atoms with van der Waals surface area (Å²) in [4.78, 5) is 15.5. The Balaban J connectivity index is 1.96. The highest BCUT2D eigenvalue weighted by Crippen LogP contribution is 2.23. The Labute approximate surface area is 145 Å². The normalized spacial score (nSPS) is 20.9. The van der Waals surface area contributed by atoms with Crippen molar-refractivity contribution >= 4 is 5.82 Å². The van der Waals surface area contributed by atoms with Gasteiger partial charge in [0.05, 0.1) is 26.4 Å². The van der Waals surface area contributed by atoms with Gasteiger partial charge in [0.25, 0.3) is 0 Å². The smallest absolute Gasteiger partial charge is 0.383 e. The fourth-order valence-electron chi connectivity index (χ4n) is 2.27. The van der Waals surface area contributed by atoms with E-state index in [0.29, 0.717) is 19.8 Å². The Morgan fingerprint density at radius 3 is 2.44 bits per heavy atom. The molecule has 0 unspecified atom stereocenters. The van der Waals surface area contributed by atoms with Crippen LogP contribution < -0.4 is 11.4 Å². The number of anilines is 1. The van der Waals surface area contributed by atoms with Crippen molar-refractivity contribution in [3.8, 4) is 0 Å². The molecule has 1 fully saturated rings. The monoisotopic (exact) mass is 359 g/mol. The zero-order valence-corrected chi connectivity index (χ0v) is 14.7. The van der Waals surface area contributed by atoms with Gasteiger partial charge < -0.3 is 29.4 Å². The van der Waals surface area contributed by atoms with Crippen LogP contribution in [0.2, 0.25) is 0 Å². The summed E-state index contributed by atoms with van der Waals surface area (Å²) < 4.78 is 34.5. The van der Waals surface area contributed by atoms with Crippen LogP contribution in [0.4, 0.5) is 5.82 Å². The first-order chi connectivity index (χ1) is 12.0. The van der Waals surface area contributed by atoms with Crippen molar-refractivity contribution in [1.29, 1.82) is 0 Å². The van der Waals surface area contributed by atoms with E-state index in [2.05, 4.69) is 4.98 Å². The van der Waals surface area contributed by atoms with Crippen LogP contribution in [0.15, 0.2) is 17.1 Å². The molecule has 1 aliphatic rings. The van der Waals surface area contributed by atoms with E-state index in [1.54, 1.807) is 20.8 Å². The highest BCUT2D eigenvalue weighted by Gasteiger charge is 2.38. The molecule has 1 aliphatic heterocycles. The molecule has 0 saturated carbocycles. The fourth-order valence-corrected chi connectivity index (χ4v) is 2.27. The van der Waals surface area contributed by atoms with Crippen molar-refractivity contribution in [2.45, 2.75) is 39.4 Å². The predicted molar refractivity (Wildman–Crippen MR) is 86.3 cm³/mol. The number of nitrogen functional groups attached to an aromatic ring is 1. The number of hydrogen-bond donors (Lipinski definition) is 1. The number of rotatable bonds is 10. The van der Waals surface area contributed by atoms with Gasteiger partial charge in [-0.3, -0.25) is 9.30 Å². The molecule has 1 saturated heterocycles. The van der Waals surface area contributed by atoms with E-state index in [9.17, 15) is 4.79 Å². The van der Waals surface area contributed by atoms with Crippen molar-refractivity contribution in [2.75, 3.05) is 38.8 Å². The van der Waals surface area contributed by atoms with E-state index >= 15 is 0 Å². The molecule has 0 bridgehead atoms. The molecule has 1 aromatic heterocycles. The first-order valence-electron chi connectivity index (χ1n) is 8.21. The number of ether oxygens (including phenoxy) is 6. The molecule has 142 valence electrons. The lowest BCUT2D eigenvalue weighted by atomic mass is 10.5. The standard InChI is InChI=1S/C15H25N3O7/c1-4-21-15(22-5-2,23-6-3)24-10-13-20-9-12(25-13)18-8-7-11(16)17-14(18)19/h7-8,12-13H,4-6,9-10H2,1-3H3,(H2,16,17,19)/t12-,13-/m0/s1. The van der Waals surface area contributed by atoms with Crippen molar-refractivity contribution in [1.82, 2.24) is 9.55 Å². The Hall–Kier alpha value is -1.56. The molecule has 10 nitrogen and oxygen atoms in total. The van der Waals surface area contributed by atoms with Gasteiger partial charge in [-0.15, -0.1) is 0 Å². The maximum absolute atomic E-state index is 11.9. The Bertz CT molecular complexity index is 578. The Morgan fingerprint density at radius 2 is 1.88 bits per heavy atom. The predicted octanol–water partition coefficient (Wildman–Crippen LogP) is 0.434. The molecule has 2 N–H and O–H groups in total. The van der Waals surface area contributed by atoms with Crippen LogP contribution in [0.25, 0.3) is 0 Å². The summed E-state index contributed by atoms with van der Waals surface area (Å²) in [6, 6.07) is 1.51. The molecule has 0 spiro atoms. The van der Waals surface area contributed by atoms with Crippen LogP contribution >= 0.6 is 0 Å². The summed E-state index contributed by atoms with van der Waals surface area (Å²) in [5.74, 6) is 0.148. The van der Waals surface area contributed by atoms with Crippen molar-refractivity contribution < 1.29 is 28.4 Å². The molecule has 25 heavy (non-hydrogen) atoms. The van der Waals surface area contributed by atoms with Crippen LogP contribution in [-0.4, -0.2) is 55.0 Å². The maximum Gasteiger partial charge on any atom is 0.412 e. The van der Waals surface area contributed by atoms with Crippen LogP contribution in [-0.2, 0) is 28.4 Å². The molecule has 2 atom stereocenters. The molecular formula is C15H25N3O7. The van der Waals surface area contributed by atoms with Crippen LogP contribution in [0.5, 0.6) is 0 Å². The molecule has 1 aromatic rings. The quantitative estimate of drug-likeness (QED) is 0.594. The lowest BCUT2D eigenvalue weighted by Gasteiger charge is -2.31. The molecular weight excluding hydrogens is 334 g/mol. The second-order valence-electron chi connectivity index (χ2n) is 5.01. The van der Waals surface area contributed by atoms with Crippen molar-refractivity contribution in [2.24, 2.45) is 0 Å². The van der Waals surface area contributed by atoms with Gasteiger partial charge in [0, 0.05) is 6.20 Å². The minimum absolute atomic E-state index is 0.00630. The molecule has 0 aromatic carbocycles. The van der Waals surface area contributed by atoms with E-state index < -0.39 is 24.4 Å². The van der Waals surface area contributed by atoms with Gasteiger partial charge in [-0.05, 0) is 26.8 Å². The maximum atomic E-state index is 11.9. The van der Waals surface area contributed by atoms with E-state index in [1.165, 1.54) is 16.8 Å². The largest absolute Gasteiger partial charge is 0.412 e. The molecule has 0 aliphatic carbocycles. The zero-order valence-electron chi connectivity index (χ0n) is 14.7. The number of nitrogens with zero attached hydrogens (tertiary/aromatic N) is 2. The summed E-state index contributed by atoms with van der Waals surface area (Å²) in [6.45, 7) is 6.57. The fraction of sp³-hybridized carbons (Fsp3) is 0.733. The summed E-state index contributed by atoms with van der Waals surface area (Å²) in [6.07, 6.45) is -1.43. The summed E-state index contributed by atoms with van der Waals surface area (Å²) in [5.41, 5.74) is 4.96. The third-order valence-electron chi connectivity index (χ3n) is 3.25. The molecule has 10 heteroatoms. The molecule has 0 radical (unpaired) electrons. The first-order valence-corrected chi connectivity index (χ1v) is 8.21. The van der Waals surface area contributed by atoms with Gasteiger partial charge in [-0.2, -0.15) is 4.98 Å².